The number of anilines is 2. The smallest absolute Gasteiger partial charge is 0.255 e. The van der Waals surface area contributed by atoms with E-state index >= 15 is 0 Å². The minimum absolute atomic E-state index is 0.0277. The molecule has 1 aliphatic rings. The molecule has 0 bridgehead atoms. The molecule has 1 heterocycles. The van der Waals surface area contributed by atoms with Gasteiger partial charge in [-0.05, 0) is 30.3 Å². The Morgan fingerprint density at radius 1 is 1.00 bits per heavy atom. The number of rotatable bonds is 5. The minimum Gasteiger partial charge on any atom is -0.494 e. The summed E-state index contributed by atoms with van der Waals surface area (Å²) in [6, 6.07) is 8.35. The van der Waals surface area contributed by atoms with Crippen LogP contribution in [0.1, 0.15) is 24.2 Å². The normalized spacial score (nSPS) is 14.0. The van der Waals surface area contributed by atoms with Gasteiger partial charge in [-0.2, -0.15) is 0 Å². The zero-order chi connectivity index (χ0) is 22.7. The molecule has 6 nitrogen and oxygen atoms in total. The van der Waals surface area contributed by atoms with Crippen LogP contribution in [0.2, 0.25) is 15.1 Å². The summed E-state index contributed by atoms with van der Waals surface area (Å²) in [7, 11) is 1.46. The zero-order valence-corrected chi connectivity index (χ0v) is 19.8. The molecule has 2 amide bonds. The van der Waals surface area contributed by atoms with Crippen LogP contribution in [0, 0.1) is 5.92 Å². The standard InChI is InChI=1S/C22H24Cl3N3O3/c1-13(2)22(30)28-8-6-27(7-9-28)19-5-4-15(23)12-18(19)26-21(29)14-10-16(24)20(31-3)17(25)11-14/h4-5,10-13H,6-9H2,1-3H3,(H,26,29). The third-order valence-electron chi connectivity index (χ3n) is 5.10. The topological polar surface area (TPSA) is 61.9 Å². The molecule has 3 rings (SSSR count). The Kier molecular flexibility index (Phi) is 7.57. The van der Waals surface area contributed by atoms with Crippen molar-refractivity contribution < 1.29 is 14.3 Å². The lowest BCUT2D eigenvalue weighted by atomic mass is 10.1. The monoisotopic (exact) mass is 483 g/mol. The lowest BCUT2D eigenvalue weighted by molar-refractivity contribution is -0.134. The second-order valence-corrected chi connectivity index (χ2v) is 8.81. The van der Waals surface area contributed by atoms with Gasteiger partial charge in [-0.1, -0.05) is 48.7 Å². The van der Waals surface area contributed by atoms with Crippen molar-refractivity contribution in [2.75, 3.05) is 43.5 Å². The van der Waals surface area contributed by atoms with Crippen LogP contribution in [0.25, 0.3) is 0 Å². The van der Waals surface area contributed by atoms with Crippen molar-refractivity contribution in [3.63, 3.8) is 0 Å². The molecule has 1 saturated heterocycles. The van der Waals surface area contributed by atoms with E-state index in [4.69, 9.17) is 39.5 Å². The quantitative estimate of drug-likeness (QED) is 0.633. The number of nitrogens with zero attached hydrogens (tertiary/aromatic N) is 2. The summed E-state index contributed by atoms with van der Waals surface area (Å²) in [4.78, 5) is 29.2. The fourth-order valence-corrected chi connectivity index (χ4v) is 4.31. The first-order valence-corrected chi connectivity index (χ1v) is 11.0. The predicted octanol–water partition coefficient (Wildman–Crippen LogP) is 5.21. The fourth-order valence-electron chi connectivity index (χ4n) is 3.50. The van der Waals surface area contributed by atoms with E-state index in [1.54, 1.807) is 12.1 Å². The predicted molar refractivity (Wildman–Crippen MR) is 126 cm³/mol. The molecule has 0 atom stereocenters. The Labute approximate surface area is 197 Å². The van der Waals surface area contributed by atoms with Crippen LogP contribution in [-0.2, 0) is 4.79 Å². The van der Waals surface area contributed by atoms with E-state index in [2.05, 4.69) is 10.2 Å². The molecular formula is C22H24Cl3N3O3. The second-order valence-electron chi connectivity index (χ2n) is 7.56. The van der Waals surface area contributed by atoms with Crippen LogP contribution < -0.4 is 15.0 Å². The van der Waals surface area contributed by atoms with E-state index in [9.17, 15) is 9.59 Å². The van der Waals surface area contributed by atoms with Gasteiger partial charge in [0.1, 0.15) is 0 Å². The molecular weight excluding hydrogens is 461 g/mol. The lowest BCUT2D eigenvalue weighted by Gasteiger charge is -2.37. The maximum absolute atomic E-state index is 12.9. The number of nitrogens with one attached hydrogen (secondary N) is 1. The highest BCUT2D eigenvalue weighted by molar-refractivity contribution is 6.38. The van der Waals surface area contributed by atoms with Gasteiger partial charge in [0.2, 0.25) is 5.91 Å². The molecule has 1 aliphatic heterocycles. The highest BCUT2D eigenvalue weighted by Gasteiger charge is 2.25. The maximum Gasteiger partial charge on any atom is 0.255 e. The number of methoxy groups -OCH3 is 1. The van der Waals surface area contributed by atoms with E-state index in [0.717, 1.165) is 5.69 Å². The number of carbonyl (C=O) groups is 2. The number of piperazine rings is 1. The van der Waals surface area contributed by atoms with Crippen molar-refractivity contribution in [2.24, 2.45) is 5.92 Å². The number of carbonyl (C=O) groups excluding carboxylic acids is 2. The Bertz CT molecular complexity index is 966. The highest BCUT2D eigenvalue weighted by atomic mass is 35.5. The van der Waals surface area contributed by atoms with E-state index in [1.807, 2.05) is 24.8 Å². The van der Waals surface area contributed by atoms with Gasteiger partial charge >= 0.3 is 0 Å². The van der Waals surface area contributed by atoms with E-state index in [1.165, 1.54) is 19.2 Å². The molecule has 1 fully saturated rings. The summed E-state index contributed by atoms with van der Waals surface area (Å²) >= 11 is 18.5. The van der Waals surface area contributed by atoms with Gasteiger partial charge in [0.15, 0.2) is 5.75 Å². The van der Waals surface area contributed by atoms with Gasteiger partial charge in [-0.3, -0.25) is 9.59 Å². The van der Waals surface area contributed by atoms with Crippen molar-refractivity contribution in [2.45, 2.75) is 13.8 Å². The van der Waals surface area contributed by atoms with Crippen molar-refractivity contribution in [1.29, 1.82) is 0 Å². The molecule has 2 aromatic rings. The summed E-state index contributed by atoms with van der Waals surface area (Å²) < 4.78 is 5.14. The van der Waals surface area contributed by atoms with Crippen molar-refractivity contribution in [3.05, 3.63) is 51.0 Å². The van der Waals surface area contributed by atoms with E-state index < -0.39 is 0 Å². The minimum atomic E-state index is -0.372. The van der Waals surface area contributed by atoms with Crippen LogP contribution in [0.3, 0.4) is 0 Å². The summed E-state index contributed by atoms with van der Waals surface area (Å²) in [5.74, 6) is 0.0679. The van der Waals surface area contributed by atoms with E-state index in [-0.39, 0.29) is 27.8 Å². The number of hydrogen-bond donors (Lipinski definition) is 1. The molecule has 31 heavy (non-hydrogen) atoms. The van der Waals surface area contributed by atoms with Gasteiger partial charge in [0, 0.05) is 42.7 Å². The molecule has 0 radical (unpaired) electrons. The largest absolute Gasteiger partial charge is 0.494 e. The highest BCUT2D eigenvalue weighted by Crippen LogP contribution is 2.35. The Morgan fingerprint density at radius 2 is 1.61 bits per heavy atom. The maximum atomic E-state index is 12.9. The van der Waals surface area contributed by atoms with Crippen molar-refractivity contribution >= 4 is 58.0 Å². The number of amides is 2. The van der Waals surface area contributed by atoms with Crippen LogP contribution in [0.5, 0.6) is 5.75 Å². The average molecular weight is 485 g/mol. The molecule has 166 valence electrons. The van der Waals surface area contributed by atoms with Crippen LogP contribution in [0.15, 0.2) is 30.3 Å². The number of ether oxygens (including phenoxy) is 1. The Morgan fingerprint density at radius 3 is 2.16 bits per heavy atom. The lowest BCUT2D eigenvalue weighted by Crippen LogP contribution is -2.50. The number of halogens is 3. The molecule has 0 spiro atoms. The first kappa shape index (κ1) is 23.5. The SMILES string of the molecule is COc1c(Cl)cc(C(=O)Nc2cc(Cl)ccc2N2CCN(C(=O)C(C)C)CC2)cc1Cl. The molecule has 9 heteroatoms. The molecule has 0 aromatic heterocycles. The summed E-state index contributed by atoms with van der Waals surface area (Å²) in [6.45, 7) is 6.36. The van der Waals surface area contributed by atoms with Crippen LogP contribution in [-0.4, -0.2) is 50.0 Å². The van der Waals surface area contributed by atoms with E-state index in [0.29, 0.717) is 48.2 Å². The first-order chi connectivity index (χ1) is 14.7. The molecule has 0 aliphatic carbocycles. The van der Waals surface area contributed by atoms with Gasteiger partial charge in [-0.25, -0.2) is 0 Å². The fraction of sp³-hybridized carbons (Fsp3) is 0.364. The first-order valence-electron chi connectivity index (χ1n) is 9.89. The zero-order valence-electron chi connectivity index (χ0n) is 17.5. The van der Waals surface area contributed by atoms with Gasteiger partial charge in [-0.15, -0.1) is 0 Å². The van der Waals surface area contributed by atoms with Crippen molar-refractivity contribution in [3.8, 4) is 5.75 Å². The average Bonchev–Trinajstić information content (AvgIpc) is 2.73. The van der Waals surface area contributed by atoms with Crippen LogP contribution in [0.4, 0.5) is 11.4 Å². The summed E-state index contributed by atoms with van der Waals surface area (Å²) in [5.41, 5.74) is 1.71. The Balaban J connectivity index is 1.80. The third-order valence-corrected chi connectivity index (χ3v) is 5.89. The second kappa shape index (κ2) is 9.98. The van der Waals surface area contributed by atoms with Gasteiger partial charge in [0.25, 0.3) is 5.91 Å². The van der Waals surface area contributed by atoms with Crippen molar-refractivity contribution in [1.82, 2.24) is 4.90 Å². The number of hydrogen-bond acceptors (Lipinski definition) is 4. The molecule has 0 saturated carbocycles. The summed E-state index contributed by atoms with van der Waals surface area (Å²) in [6.07, 6.45) is 0. The number of benzene rings is 2. The third kappa shape index (κ3) is 5.37. The summed E-state index contributed by atoms with van der Waals surface area (Å²) in [5, 5.41) is 3.90. The molecule has 2 aromatic carbocycles. The van der Waals surface area contributed by atoms with Crippen LogP contribution >= 0.6 is 34.8 Å². The van der Waals surface area contributed by atoms with Gasteiger partial charge < -0.3 is 19.9 Å². The molecule has 0 unspecified atom stereocenters. The molecule has 1 N–H and O–H groups in total. The van der Waals surface area contributed by atoms with Gasteiger partial charge in [0.05, 0.1) is 28.5 Å². The Hall–Kier alpha value is -2.15.